The molecule has 0 bridgehead atoms. The molecule has 0 amide bonds. The maximum absolute atomic E-state index is 13.6. The molecule has 1 unspecified atom stereocenters. The molecule has 0 aromatic heterocycles. The van der Waals surface area contributed by atoms with Crippen molar-refractivity contribution >= 4 is 11.8 Å². The van der Waals surface area contributed by atoms with E-state index in [0.29, 0.717) is 42.8 Å². The summed E-state index contributed by atoms with van der Waals surface area (Å²) >= 11 is 0. The lowest BCUT2D eigenvalue weighted by molar-refractivity contribution is -0.175. The van der Waals surface area contributed by atoms with E-state index in [0.717, 1.165) is 5.57 Å². The summed E-state index contributed by atoms with van der Waals surface area (Å²) < 4.78 is 18.9. The minimum absolute atomic E-state index is 0.00136. The van der Waals surface area contributed by atoms with Gasteiger partial charge in [-0.15, -0.1) is 0 Å². The number of aryl methyl sites for hydroxylation is 1. The third-order valence-corrected chi connectivity index (χ3v) is 6.06. The predicted octanol–water partition coefficient (Wildman–Crippen LogP) is 4.74. The zero-order valence-corrected chi connectivity index (χ0v) is 19.0. The van der Waals surface area contributed by atoms with E-state index in [2.05, 4.69) is 0 Å². The monoisotopic (exact) mass is 446 g/mol. The highest BCUT2D eigenvalue weighted by molar-refractivity contribution is 5.81. The molecular weight excluding hydrogens is 415 g/mol. The molecule has 7 heteroatoms. The highest BCUT2D eigenvalue weighted by atomic mass is 19.1. The largest absolute Gasteiger partial charge is 0.458 e. The topological polar surface area (TPSA) is 82.1 Å². The molecule has 1 aliphatic carbocycles. The molecule has 0 saturated carbocycles. The van der Waals surface area contributed by atoms with E-state index in [9.17, 15) is 19.1 Å². The van der Waals surface area contributed by atoms with Gasteiger partial charge in [-0.1, -0.05) is 26.8 Å². The highest BCUT2D eigenvalue weighted by Crippen LogP contribution is 2.45. The molecule has 1 heterocycles. The van der Waals surface area contributed by atoms with Crippen molar-refractivity contribution < 1.29 is 33.6 Å². The number of aliphatic hydroxyl groups excluding tert-OH is 1. The molecule has 1 aliphatic heterocycles. The number of hydrogen-bond acceptors (Lipinski definition) is 6. The van der Waals surface area contributed by atoms with Crippen molar-refractivity contribution in [2.24, 2.45) is 11.3 Å². The third kappa shape index (κ3) is 5.76. The summed E-state index contributed by atoms with van der Waals surface area (Å²) in [6.45, 7) is 7.52. The van der Waals surface area contributed by atoms with E-state index >= 15 is 0 Å². The van der Waals surface area contributed by atoms with Crippen LogP contribution in [-0.4, -0.2) is 29.1 Å². The van der Waals surface area contributed by atoms with Crippen LogP contribution >= 0.6 is 0 Å². The summed E-state index contributed by atoms with van der Waals surface area (Å²) in [5.41, 5.74) is 0.854. The van der Waals surface area contributed by atoms with Crippen molar-refractivity contribution in [1.29, 1.82) is 0 Å². The SMILES string of the molecule is CCC(=O)C1CC(OOc2ccc(F)c(C)c2)=C(C=C[C@H]2C[C@H](O)CC(=O)O2)C(C)(C)C1. The zero-order valence-electron chi connectivity index (χ0n) is 19.0. The summed E-state index contributed by atoms with van der Waals surface area (Å²) in [4.78, 5) is 35.3. The minimum Gasteiger partial charge on any atom is -0.458 e. The third-order valence-electron chi connectivity index (χ3n) is 6.06. The van der Waals surface area contributed by atoms with Gasteiger partial charge < -0.3 is 9.84 Å². The van der Waals surface area contributed by atoms with Crippen LogP contribution in [0, 0.1) is 24.1 Å². The first-order valence-corrected chi connectivity index (χ1v) is 11.0. The number of ketones is 1. The fourth-order valence-corrected chi connectivity index (χ4v) is 4.32. The molecule has 0 spiro atoms. The van der Waals surface area contributed by atoms with Gasteiger partial charge in [0, 0.05) is 30.8 Å². The van der Waals surface area contributed by atoms with Gasteiger partial charge in [0.25, 0.3) is 0 Å². The van der Waals surface area contributed by atoms with Gasteiger partial charge in [-0.25, -0.2) is 4.39 Å². The van der Waals surface area contributed by atoms with E-state index in [1.807, 2.05) is 26.8 Å². The number of aliphatic hydroxyl groups is 1. The van der Waals surface area contributed by atoms with E-state index in [-0.39, 0.29) is 23.9 Å². The number of allylic oxidation sites excluding steroid dienone is 3. The van der Waals surface area contributed by atoms with Gasteiger partial charge in [0.2, 0.25) is 0 Å². The van der Waals surface area contributed by atoms with E-state index in [1.54, 1.807) is 13.0 Å². The number of halogens is 1. The fourth-order valence-electron chi connectivity index (χ4n) is 4.32. The summed E-state index contributed by atoms with van der Waals surface area (Å²) in [6, 6.07) is 4.32. The average molecular weight is 447 g/mol. The van der Waals surface area contributed by atoms with Crippen molar-refractivity contribution in [2.45, 2.75) is 72.0 Å². The lowest BCUT2D eigenvalue weighted by atomic mass is 9.69. The molecule has 1 N–H and O–H groups in total. The summed E-state index contributed by atoms with van der Waals surface area (Å²) in [5.74, 6) is 0.0474. The van der Waals surface area contributed by atoms with Crippen molar-refractivity contribution in [3.8, 4) is 5.75 Å². The number of rotatable bonds is 7. The van der Waals surface area contributed by atoms with Crippen LogP contribution in [0.5, 0.6) is 5.75 Å². The van der Waals surface area contributed by atoms with E-state index in [1.165, 1.54) is 18.2 Å². The molecule has 6 nitrogen and oxygen atoms in total. The Kier molecular flexibility index (Phi) is 7.39. The van der Waals surface area contributed by atoms with Crippen LogP contribution in [-0.2, 0) is 19.2 Å². The summed E-state index contributed by atoms with van der Waals surface area (Å²) in [5, 5.41) is 9.86. The van der Waals surface area contributed by atoms with Gasteiger partial charge in [-0.05, 0) is 48.6 Å². The molecule has 0 radical (unpaired) electrons. The molecule has 174 valence electrons. The van der Waals surface area contributed by atoms with E-state index in [4.69, 9.17) is 14.5 Å². The van der Waals surface area contributed by atoms with Crippen molar-refractivity contribution in [1.82, 2.24) is 0 Å². The first-order chi connectivity index (χ1) is 15.1. The number of hydrogen-bond donors (Lipinski definition) is 1. The second-order valence-electron chi connectivity index (χ2n) is 9.20. The van der Waals surface area contributed by atoms with Crippen LogP contribution < -0.4 is 4.89 Å². The molecule has 3 rings (SSSR count). The van der Waals surface area contributed by atoms with Crippen molar-refractivity contribution in [3.05, 3.63) is 53.1 Å². The Morgan fingerprint density at radius 3 is 2.72 bits per heavy atom. The quantitative estimate of drug-likeness (QED) is 0.370. The Balaban J connectivity index is 1.88. The number of ether oxygens (including phenoxy) is 1. The Morgan fingerprint density at radius 1 is 1.31 bits per heavy atom. The Bertz CT molecular complexity index is 932. The number of carbonyl (C=O) groups is 2. The number of esters is 1. The maximum Gasteiger partial charge on any atom is 0.309 e. The standard InChI is InChI=1S/C25H31FO6/c1-5-22(28)16-11-23(32-31-19-7-9-21(26)15(2)10-19)20(25(3,4)14-16)8-6-18-12-17(27)13-24(29)30-18/h6-10,16-18,27H,5,11-14H2,1-4H3/t16?,17-,18-/m0/s1. The lowest BCUT2D eigenvalue weighted by Gasteiger charge is -2.36. The second kappa shape index (κ2) is 9.86. The smallest absolute Gasteiger partial charge is 0.309 e. The van der Waals surface area contributed by atoms with Gasteiger partial charge in [-0.3, -0.25) is 19.4 Å². The molecule has 1 aromatic carbocycles. The first kappa shape index (κ1) is 24.0. The number of cyclic esters (lactones) is 1. The van der Waals surface area contributed by atoms with Gasteiger partial charge in [0.15, 0.2) is 11.5 Å². The van der Waals surface area contributed by atoms with Gasteiger partial charge in [-0.2, -0.15) is 0 Å². The average Bonchev–Trinajstić information content (AvgIpc) is 2.71. The molecule has 1 aromatic rings. The Labute approximate surface area is 188 Å². The first-order valence-electron chi connectivity index (χ1n) is 11.0. The van der Waals surface area contributed by atoms with Gasteiger partial charge in [0.1, 0.15) is 17.7 Å². The molecule has 1 fully saturated rings. The van der Waals surface area contributed by atoms with Gasteiger partial charge >= 0.3 is 5.97 Å². The molecule has 3 atom stereocenters. The van der Waals surface area contributed by atoms with Crippen LogP contribution in [0.4, 0.5) is 4.39 Å². The molecular formula is C25H31FO6. The number of carbonyl (C=O) groups excluding carboxylic acids is 2. The van der Waals surface area contributed by atoms with Gasteiger partial charge in [0.05, 0.1) is 12.5 Å². The summed E-state index contributed by atoms with van der Waals surface area (Å²) in [7, 11) is 0. The molecule has 32 heavy (non-hydrogen) atoms. The van der Waals surface area contributed by atoms with Crippen LogP contribution in [0.3, 0.4) is 0 Å². The lowest BCUT2D eigenvalue weighted by Crippen LogP contribution is -2.32. The molecule has 1 saturated heterocycles. The maximum atomic E-state index is 13.6. The van der Waals surface area contributed by atoms with Crippen LogP contribution in [0.25, 0.3) is 0 Å². The zero-order chi connectivity index (χ0) is 23.5. The minimum atomic E-state index is -0.730. The number of benzene rings is 1. The van der Waals surface area contributed by atoms with Crippen LogP contribution in [0.15, 0.2) is 41.7 Å². The highest BCUT2D eigenvalue weighted by Gasteiger charge is 2.38. The Morgan fingerprint density at radius 2 is 2.06 bits per heavy atom. The van der Waals surface area contributed by atoms with Crippen LogP contribution in [0.2, 0.25) is 0 Å². The normalized spacial score (nSPS) is 25.6. The van der Waals surface area contributed by atoms with Crippen molar-refractivity contribution in [2.75, 3.05) is 0 Å². The number of Topliss-reactive ketones (excluding diaryl/α,β-unsaturated/α-hetero) is 1. The molecule has 2 aliphatic rings. The Hall–Kier alpha value is -2.67. The van der Waals surface area contributed by atoms with E-state index < -0.39 is 23.6 Å². The predicted molar refractivity (Wildman–Crippen MR) is 116 cm³/mol. The van der Waals surface area contributed by atoms with Crippen LogP contribution in [0.1, 0.15) is 58.4 Å². The summed E-state index contributed by atoms with van der Waals surface area (Å²) in [6.07, 6.45) is 4.10. The second-order valence-corrected chi connectivity index (χ2v) is 9.20. The van der Waals surface area contributed by atoms with Crippen molar-refractivity contribution in [3.63, 3.8) is 0 Å². The fraction of sp³-hybridized carbons (Fsp3) is 0.520.